The minimum Gasteiger partial charge on any atom is -0.477 e. The largest absolute Gasteiger partial charge is 0.477 e. The zero-order chi connectivity index (χ0) is 14.9. The van der Waals surface area contributed by atoms with Gasteiger partial charge in [-0.05, 0) is 50.3 Å². The van der Waals surface area contributed by atoms with Crippen LogP contribution in [-0.2, 0) is 6.42 Å². The van der Waals surface area contributed by atoms with Gasteiger partial charge in [-0.1, -0.05) is 13.8 Å². The minimum atomic E-state index is -0.933. The lowest BCUT2D eigenvalue weighted by Gasteiger charge is -2.02. The van der Waals surface area contributed by atoms with Crippen LogP contribution in [0.1, 0.15) is 29.2 Å². The molecule has 0 fully saturated rings. The van der Waals surface area contributed by atoms with E-state index in [1.54, 1.807) is 6.20 Å². The van der Waals surface area contributed by atoms with E-state index in [2.05, 4.69) is 41.8 Å². The lowest BCUT2D eigenvalue weighted by Crippen LogP contribution is -2.02. The van der Waals surface area contributed by atoms with Crippen LogP contribution in [0.25, 0.3) is 10.7 Å². The summed E-state index contributed by atoms with van der Waals surface area (Å²) < 4.78 is 1.64. The molecule has 1 N–H and O–H groups in total. The summed E-state index contributed by atoms with van der Waals surface area (Å²) in [7, 11) is 0. The first-order chi connectivity index (χ1) is 9.38. The lowest BCUT2D eigenvalue weighted by molar-refractivity contribution is 0.0700. The molecule has 0 saturated carbocycles. The predicted octanol–water partition coefficient (Wildman–Crippen LogP) is 4.63. The van der Waals surface area contributed by atoms with Gasteiger partial charge in [0.25, 0.3) is 0 Å². The highest BCUT2D eigenvalue weighted by Crippen LogP contribution is 2.33. The van der Waals surface area contributed by atoms with Gasteiger partial charge in [0, 0.05) is 15.1 Å². The van der Waals surface area contributed by atoms with E-state index in [9.17, 15) is 9.90 Å². The minimum absolute atomic E-state index is 0.297. The Morgan fingerprint density at radius 2 is 2.15 bits per heavy atom. The molecule has 0 aliphatic carbocycles. The van der Waals surface area contributed by atoms with Gasteiger partial charge < -0.3 is 5.11 Å². The zero-order valence-corrected chi connectivity index (χ0v) is 14.8. The number of hydrogen-bond donors (Lipinski definition) is 1. The van der Waals surface area contributed by atoms with Gasteiger partial charge in [0.15, 0.2) is 0 Å². The highest BCUT2D eigenvalue weighted by Gasteiger charge is 2.20. The van der Waals surface area contributed by atoms with E-state index in [4.69, 9.17) is 0 Å². The molecule has 0 aromatic carbocycles. The normalized spacial score (nSPS) is 11.1. The van der Waals surface area contributed by atoms with Crippen LogP contribution in [0.2, 0.25) is 0 Å². The fourth-order valence-corrected chi connectivity index (χ4v) is 3.97. The number of pyridine rings is 1. The van der Waals surface area contributed by atoms with E-state index in [1.165, 1.54) is 0 Å². The Hall–Kier alpha value is -0.790. The van der Waals surface area contributed by atoms with E-state index < -0.39 is 5.97 Å². The smallest absolute Gasteiger partial charge is 0.347 e. The van der Waals surface area contributed by atoms with Crippen molar-refractivity contribution in [2.75, 3.05) is 0 Å². The van der Waals surface area contributed by atoms with Gasteiger partial charge in [-0.15, -0.1) is 11.3 Å². The van der Waals surface area contributed by atoms with Crippen LogP contribution in [0.4, 0.5) is 0 Å². The number of rotatable bonds is 4. The lowest BCUT2D eigenvalue weighted by atomic mass is 10.1. The monoisotopic (exact) mass is 418 g/mol. The summed E-state index contributed by atoms with van der Waals surface area (Å²) in [6.07, 6.45) is 2.32. The van der Waals surface area contributed by atoms with Crippen molar-refractivity contribution >= 4 is 49.2 Å². The number of hydrogen-bond acceptors (Lipinski definition) is 4. The molecule has 7 heteroatoms. The summed E-state index contributed by atoms with van der Waals surface area (Å²) in [4.78, 5) is 20.4. The molecule has 2 heterocycles. The van der Waals surface area contributed by atoms with Crippen molar-refractivity contribution in [1.29, 1.82) is 0 Å². The molecule has 0 bridgehead atoms. The second-order valence-corrected chi connectivity index (χ2v) is 7.45. The van der Waals surface area contributed by atoms with Crippen LogP contribution in [0.5, 0.6) is 0 Å². The molecule has 4 nitrogen and oxygen atoms in total. The summed E-state index contributed by atoms with van der Waals surface area (Å²) >= 11 is 7.94. The fourth-order valence-electron chi connectivity index (χ4n) is 1.72. The molecule has 0 aliphatic rings. The molecule has 0 radical (unpaired) electrons. The van der Waals surface area contributed by atoms with Gasteiger partial charge in [0.05, 0.1) is 5.69 Å². The Morgan fingerprint density at radius 1 is 1.45 bits per heavy atom. The summed E-state index contributed by atoms with van der Waals surface area (Å²) in [5, 5.41) is 9.91. The van der Waals surface area contributed by atoms with E-state index in [-0.39, 0.29) is 0 Å². The molecule has 106 valence electrons. The molecule has 0 aliphatic heterocycles. The van der Waals surface area contributed by atoms with E-state index in [0.717, 1.165) is 20.3 Å². The SMILES string of the molecule is CC(C)Cc1nc(-c2ncc(Br)cc2Br)sc1C(=O)O. The van der Waals surface area contributed by atoms with Gasteiger partial charge in [0.2, 0.25) is 0 Å². The Bertz CT molecular complexity index is 656. The van der Waals surface area contributed by atoms with Crippen LogP contribution < -0.4 is 0 Å². The highest BCUT2D eigenvalue weighted by atomic mass is 79.9. The summed E-state index contributed by atoms with van der Waals surface area (Å²) in [6, 6.07) is 1.87. The number of thiazole rings is 1. The number of aromatic nitrogens is 2. The first-order valence-electron chi connectivity index (χ1n) is 5.93. The number of halogens is 2. The van der Waals surface area contributed by atoms with Gasteiger partial charge in [-0.2, -0.15) is 0 Å². The molecule has 0 atom stereocenters. The molecule has 2 rings (SSSR count). The Balaban J connectivity index is 2.49. The van der Waals surface area contributed by atoms with E-state index in [0.29, 0.717) is 33.6 Å². The molecule has 2 aromatic heterocycles. The molecular weight excluding hydrogens is 408 g/mol. The molecule has 0 amide bonds. The maximum Gasteiger partial charge on any atom is 0.347 e. The highest BCUT2D eigenvalue weighted by molar-refractivity contribution is 9.11. The van der Waals surface area contributed by atoms with Crippen molar-refractivity contribution in [3.63, 3.8) is 0 Å². The number of nitrogens with zero attached hydrogens (tertiary/aromatic N) is 2. The fraction of sp³-hybridized carbons (Fsp3) is 0.308. The van der Waals surface area contributed by atoms with Crippen molar-refractivity contribution in [3.05, 3.63) is 31.8 Å². The third-order valence-electron chi connectivity index (χ3n) is 2.50. The summed E-state index contributed by atoms with van der Waals surface area (Å²) in [6.45, 7) is 4.08. The Kier molecular flexibility index (Phi) is 4.93. The van der Waals surface area contributed by atoms with Crippen LogP contribution in [0.15, 0.2) is 21.2 Å². The Morgan fingerprint density at radius 3 is 2.70 bits per heavy atom. The number of aromatic carboxylic acids is 1. The average Bonchev–Trinajstić information content (AvgIpc) is 2.71. The maximum atomic E-state index is 11.3. The Labute approximate surface area is 137 Å². The maximum absolute atomic E-state index is 11.3. The van der Waals surface area contributed by atoms with Crippen LogP contribution in [0, 0.1) is 5.92 Å². The van der Waals surface area contributed by atoms with E-state index in [1.807, 2.05) is 19.9 Å². The number of carbonyl (C=O) groups is 1. The number of carboxylic acid groups (broad SMARTS) is 1. The first kappa shape index (κ1) is 15.6. The van der Waals surface area contributed by atoms with Gasteiger partial charge in [0.1, 0.15) is 15.6 Å². The third-order valence-corrected chi connectivity index (χ3v) is 4.63. The summed E-state index contributed by atoms with van der Waals surface area (Å²) in [5.41, 5.74) is 1.29. The quantitative estimate of drug-likeness (QED) is 0.784. The predicted molar refractivity (Wildman–Crippen MR) is 86.2 cm³/mol. The second-order valence-electron chi connectivity index (χ2n) is 4.68. The van der Waals surface area contributed by atoms with Crippen LogP contribution in [-0.4, -0.2) is 21.0 Å². The number of carboxylic acids is 1. The second kappa shape index (κ2) is 6.32. The standard InChI is InChI=1S/C13H12Br2N2O2S/c1-6(2)3-9-11(13(18)19)20-12(17-9)10-8(15)4-7(14)5-16-10/h4-6H,3H2,1-2H3,(H,18,19). The summed E-state index contributed by atoms with van der Waals surface area (Å²) in [5.74, 6) is -0.581. The van der Waals surface area contributed by atoms with Crippen molar-refractivity contribution in [2.45, 2.75) is 20.3 Å². The van der Waals surface area contributed by atoms with Gasteiger partial charge in [-0.25, -0.2) is 9.78 Å². The van der Waals surface area contributed by atoms with Gasteiger partial charge >= 0.3 is 5.97 Å². The van der Waals surface area contributed by atoms with Crippen molar-refractivity contribution in [2.24, 2.45) is 5.92 Å². The molecule has 0 spiro atoms. The van der Waals surface area contributed by atoms with Crippen LogP contribution >= 0.6 is 43.2 Å². The van der Waals surface area contributed by atoms with Crippen molar-refractivity contribution < 1.29 is 9.90 Å². The van der Waals surface area contributed by atoms with E-state index >= 15 is 0 Å². The molecule has 0 unspecified atom stereocenters. The van der Waals surface area contributed by atoms with Crippen molar-refractivity contribution in [1.82, 2.24) is 9.97 Å². The first-order valence-corrected chi connectivity index (χ1v) is 8.33. The topological polar surface area (TPSA) is 63.1 Å². The third kappa shape index (κ3) is 3.45. The zero-order valence-electron chi connectivity index (χ0n) is 10.9. The van der Waals surface area contributed by atoms with Crippen molar-refractivity contribution in [3.8, 4) is 10.7 Å². The molecule has 0 saturated heterocycles. The average molecular weight is 420 g/mol. The molecular formula is C13H12Br2N2O2S. The van der Waals surface area contributed by atoms with Crippen LogP contribution in [0.3, 0.4) is 0 Å². The molecule has 2 aromatic rings. The molecule has 20 heavy (non-hydrogen) atoms. The van der Waals surface area contributed by atoms with Gasteiger partial charge in [-0.3, -0.25) is 4.98 Å².